The van der Waals surface area contributed by atoms with E-state index in [2.05, 4.69) is 20.8 Å². The highest BCUT2D eigenvalue weighted by Gasteiger charge is 2.40. The van der Waals surface area contributed by atoms with E-state index in [1.54, 1.807) is 0 Å². The summed E-state index contributed by atoms with van der Waals surface area (Å²) in [5.74, 6) is 1.53. The minimum absolute atomic E-state index is 0.230. The van der Waals surface area contributed by atoms with Crippen LogP contribution in [0.25, 0.3) is 0 Å². The average molecular weight is 156 g/mol. The SMILES string of the molecule is CC(C)CC(C)(CO)C1CC1. The van der Waals surface area contributed by atoms with E-state index < -0.39 is 0 Å². The summed E-state index contributed by atoms with van der Waals surface area (Å²) < 4.78 is 0. The van der Waals surface area contributed by atoms with E-state index in [9.17, 15) is 5.11 Å². The highest BCUT2D eigenvalue weighted by atomic mass is 16.3. The van der Waals surface area contributed by atoms with Gasteiger partial charge in [-0.05, 0) is 36.5 Å². The third-order valence-electron chi connectivity index (χ3n) is 2.80. The first kappa shape index (κ1) is 9.05. The van der Waals surface area contributed by atoms with Crippen molar-refractivity contribution in [1.82, 2.24) is 0 Å². The quantitative estimate of drug-likeness (QED) is 0.663. The molecule has 0 spiro atoms. The van der Waals surface area contributed by atoms with E-state index >= 15 is 0 Å². The molecule has 0 amide bonds. The van der Waals surface area contributed by atoms with E-state index in [1.807, 2.05) is 0 Å². The summed E-state index contributed by atoms with van der Waals surface area (Å²) in [4.78, 5) is 0. The molecule has 0 saturated heterocycles. The van der Waals surface area contributed by atoms with Crippen LogP contribution in [0.1, 0.15) is 40.0 Å². The fraction of sp³-hybridized carbons (Fsp3) is 1.00. The summed E-state index contributed by atoms with van der Waals surface area (Å²) in [6.07, 6.45) is 3.85. The minimum atomic E-state index is 0.230. The Hall–Kier alpha value is -0.0400. The summed E-state index contributed by atoms with van der Waals surface area (Å²) in [6.45, 7) is 7.06. The van der Waals surface area contributed by atoms with E-state index in [0.717, 1.165) is 5.92 Å². The standard InChI is InChI=1S/C10H20O/c1-8(2)6-10(3,7-11)9-4-5-9/h8-9,11H,4-7H2,1-3H3. The van der Waals surface area contributed by atoms with Gasteiger partial charge < -0.3 is 5.11 Å². The fourth-order valence-corrected chi connectivity index (χ4v) is 2.07. The van der Waals surface area contributed by atoms with Gasteiger partial charge in [-0.1, -0.05) is 20.8 Å². The zero-order valence-electron chi connectivity index (χ0n) is 7.93. The maximum absolute atomic E-state index is 9.24. The molecule has 1 rings (SSSR count). The van der Waals surface area contributed by atoms with Gasteiger partial charge in [-0.25, -0.2) is 0 Å². The maximum atomic E-state index is 9.24. The molecule has 0 aromatic carbocycles. The lowest BCUT2D eigenvalue weighted by Gasteiger charge is -2.29. The van der Waals surface area contributed by atoms with Gasteiger partial charge in [0, 0.05) is 6.61 Å². The van der Waals surface area contributed by atoms with Crippen LogP contribution in [0.15, 0.2) is 0 Å². The van der Waals surface area contributed by atoms with Crippen molar-refractivity contribution < 1.29 is 5.11 Å². The Kier molecular flexibility index (Phi) is 2.58. The molecule has 11 heavy (non-hydrogen) atoms. The minimum Gasteiger partial charge on any atom is -0.396 e. The number of aliphatic hydroxyl groups is 1. The van der Waals surface area contributed by atoms with E-state index in [1.165, 1.54) is 19.3 Å². The van der Waals surface area contributed by atoms with Gasteiger partial charge in [-0.3, -0.25) is 0 Å². The zero-order valence-corrected chi connectivity index (χ0v) is 7.93. The molecule has 1 fully saturated rings. The first-order chi connectivity index (χ1) is 5.08. The first-order valence-electron chi connectivity index (χ1n) is 4.69. The second-order valence-electron chi connectivity index (χ2n) is 4.68. The van der Waals surface area contributed by atoms with Crippen molar-refractivity contribution in [2.75, 3.05) is 6.61 Å². The van der Waals surface area contributed by atoms with Gasteiger partial charge in [0.25, 0.3) is 0 Å². The van der Waals surface area contributed by atoms with Gasteiger partial charge >= 0.3 is 0 Å². The van der Waals surface area contributed by atoms with E-state index in [0.29, 0.717) is 12.5 Å². The third kappa shape index (κ3) is 2.19. The van der Waals surface area contributed by atoms with E-state index in [4.69, 9.17) is 0 Å². The Balaban J connectivity index is 2.44. The Labute approximate surface area is 69.8 Å². The molecular formula is C10H20O. The smallest absolute Gasteiger partial charge is 0.0487 e. The Morgan fingerprint density at radius 2 is 2.00 bits per heavy atom. The summed E-state index contributed by atoms with van der Waals surface area (Å²) in [6, 6.07) is 0. The second kappa shape index (κ2) is 3.14. The molecule has 66 valence electrons. The summed E-state index contributed by atoms with van der Waals surface area (Å²) in [5.41, 5.74) is 0.230. The second-order valence-corrected chi connectivity index (χ2v) is 4.68. The van der Waals surface area contributed by atoms with Crippen molar-refractivity contribution >= 4 is 0 Å². The van der Waals surface area contributed by atoms with Gasteiger partial charge in [-0.2, -0.15) is 0 Å². The van der Waals surface area contributed by atoms with Gasteiger partial charge in [0.2, 0.25) is 0 Å². The van der Waals surface area contributed by atoms with Crippen molar-refractivity contribution in [1.29, 1.82) is 0 Å². The lowest BCUT2D eigenvalue weighted by Crippen LogP contribution is -2.25. The molecule has 0 aromatic heterocycles. The highest BCUT2D eigenvalue weighted by molar-refractivity contribution is 4.91. The molecule has 1 aliphatic rings. The molecular weight excluding hydrogens is 136 g/mol. The molecule has 0 aliphatic heterocycles. The highest BCUT2D eigenvalue weighted by Crippen LogP contribution is 2.48. The van der Waals surface area contributed by atoms with Gasteiger partial charge in [-0.15, -0.1) is 0 Å². The van der Waals surface area contributed by atoms with Crippen molar-refractivity contribution in [2.45, 2.75) is 40.0 Å². The molecule has 1 N–H and O–H groups in total. The number of hydrogen-bond donors (Lipinski definition) is 1. The predicted molar refractivity (Wildman–Crippen MR) is 47.4 cm³/mol. The lowest BCUT2D eigenvalue weighted by molar-refractivity contribution is 0.0961. The normalized spacial score (nSPS) is 23.7. The van der Waals surface area contributed by atoms with Crippen LogP contribution in [0.2, 0.25) is 0 Å². The largest absolute Gasteiger partial charge is 0.396 e. The van der Waals surface area contributed by atoms with Crippen LogP contribution < -0.4 is 0 Å². The molecule has 1 heteroatoms. The Morgan fingerprint density at radius 1 is 1.45 bits per heavy atom. The topological polar surface area (TPSA) is 20.2 Å². The maximum Gasteiger partial charge on any atom is 0.0487 e. The predicted octanol–water partition coefficient (Wildman–Crippen LogP) is 2.44. The van der Waals surface area contributed by atoms with Crippen molar-refractivity contribution in [3.63, 3.8) is 0 Å². The van der Waals surface area contributed by atoms with Crippen molar-refractivity contribution in [3.05, 3.63) is 0 Å². The molecule has 0 radical (unpaired) electrons. The van der Waals surface area contributed by atoms with Crippen LogP contribution in [0.3, 0.4) is 0 Å². The van der Waals surface area contributed by atoms with Crippen LogP contribution in [0, 0.1) is 17.3 Å². The monoisotopic (exact) mass is 156 g/mol. The number of hydrogen-bond acceptors (Lipinski definition) is 1. The molecule has 0 bridgehead atoms. The third-order valence-corrected chi connectivity index (χ3v) is 2.80. The number of rotatable bonds is 4. The number of aliphatic hydroxyl groups excluding tert-OH is 1. The molecule has 0 heterocycles. The van der Waals surface area contributed by atoms with Crippen LogP contribution in [-0.2, 0) is 0 Å². The first-order valence-corrected chi connectivity index (χ1v) is 4.69. The lowest BCUT2D eigenvalue weighted by atomic mass is 9.78. The van der Waals surface area contributed by atoms with Crippen molar-refractivity contribution in [2.24, 2.45) is 17.3 Å². The molecule has 0 aromatic rings. The Bertz CT molecular complexity index is 127. The molecule has 1 unspecified atom stereocenters. The van der Waals surface area contributed by atoms with Crippen LogP contribution in [0.4, 0.5) is 0 Å². The van der Waals surface area contributed by atoms with E-state index in [-0.39, 0.29) is 5.41 Å². The fourth-order valence-electron chi connectivity index (χ4n) is 2.07. The molecule has 1 aliphatic carbocycles. The molecule has 1 nitrogen and oxygen atoms in total. The van der Waals surface area contributed by atoms with Crippen LogP contribution in [-0.4, -0.2) is 11.7 Å². The average Bonchev–Trinajstić information content (AvgIpc) is 2.66. The van der Waals surface area contributed by atoms with Crippen LogP contribution >= 0.6 is 0 Å². The van der Waals surface area contributed by atoms with Crippen molar-refractivity contribution in [3.8, 4) is 0 Å². The van der Waals surface area contributed by atoms with Gasteiger partial charge in [0.05, 0.1) is 0 Å². The van der Waals surface area contributed by atoms with Crippen LogP contribution in [0.5, 0.6) is 0 Å². The van der Waals surface area contributed by atoms with Gasteiger partial charge in [0.15, 0.2) is 0 Å². The molecule has 1 saturated carbocycles. The zero-order chi connectivity index (χ0) is 8.48. The van der Waals surface area contributed by atoms with Gasteiger partial charge in [0.1, 0.15) is 0 Å². The summed E-state index contributed by atoms with van der Waals surface area (Å²) >= 11 is 0. The Morgan fingerprint density at radius 3 is 2.27 bits per heavy atom. The molecule has 1 atom stereocenters. The summed E-state index contributed by atoms with van der Waals surface area (Å²) in [5, 5.41) is 9.24. The summed E-state index contributed by atoms with van der Waals surface area (Å²) in [7, 11) is 0.